The van der Waals surface area contributed by atoms with Crippen LogP contribution in [0.5, 0.6) is 0 Å². The molecule has 1 aromatic rings. The highest BCUT2D eigenvalue weighted by atomic mass is 32.1. The molecule has 0 aromatic carbocycles. The molecule has 0 radical (unpaired) electrons. The van der Waals surface area contributed by atoms with E-state index in [9.17, 15) is 0 Å². The molecule has 1 aliphatic carbocycles. The molecule has 2 fully saturated rings. The van der Waals surface area contributed by atoms with Gasteiger partial charge < -0.3 is 10.1 Å². The second kappa shape index (κ2) is 5.87. The van der Waals surface area contributed by atoms with Gasteiger partial charge in [0.2, 0.25) is 0 Å². The van der Waals surface area contributed by atoms with Crippen LogP contribution >= 0.6 is 11.3 Å². The van der Waals surface area contributed by atoms with Crippen LogP contribution in [0.2, 0.25) is 0 Å². The molecule has 1 aromatic heterocycles. The molecule has 0 bridgehead atoms. The van der Waals surface area contributed by atoms with Gasteiger partial charge in [-0.25, -0.2) is 4.98 Å². The summed E-state index contributed by atoms with van der Waals surface area (Å²) in [6.07, 6.45) is 2.69. The molecule has 2 aliphatic rings. The zero-order chi connectivity index (χ0) is 13.2. The fourth-order valence-electron chi connectivity index (χ4n) is 2.46. The van der Waals surface area contributed by atoms with Crippen LogP contribution in [0.1, 0.15) is 28.4 Å². The van der Waals surface area contributed by atoms with Crippen LogP contribution in [-0.4, -0.2) is 48.3 Å². The lowest BCUT2D eigenvalue weighted by Gasteiger charge is -2.35. The van der Waals surface area contributed by atoms with Gasteiger partial charge in [0, 0.05) is 30.1 Å². The smallest absolute Gasteiger partial charge is 0.107 e. The van der Waals surface area contributed by atoms with Crippen molar-refractivity contribution in [3.8, 4) is 0 Å². The van der Waals surface area contributed by atoms with Gasteiger partial charge in [-0.2, -0.15) is 0 Å². The highest BCUT2D eigenvalue weighted by Gasteiger charge is 2.27. The van der Waals surface area contributed by atoms with Crippen LogP contribution in [-0.2, 0) is 11.3 Å². The molecule has 0 spiro atoms. The van der Waals surface area contributed by atoms with E-state index < -0.39 is 0 Å². The molecule has 19 heavy (non-hydrogen) atoms. The molecule has 5 heteroatoms. The van der Waals surface area contributed by atoms with Crippen LogP contribution in [0.3, 0.4) is 0 Å². The van der Waals surface area contributed by atoms with E-state index in [1.54, 1.807) is 0 Å². The molecule has 106 valence electrons. The van der Waals surface area contributed by atoms with Crippen molar-refractivity contribution in [3.63, 3.8) is 0 Å². The molecule has 1 unspecified atom stereocenters. The van der Waals surface area contributed by atoms with Gasteiger partial charge in [0.05, 0.1) is 25.5 Å². The number of ether oxygens (including phenoxy) is 1. The molecule has 1 saturated heterocycles. The predicted octanol–water partition coefficient (Wildman–Crippen LogP) is 1.71. The first-order valence-corrected chi connectivity index (χ1v) is 8.02. The van der Waals surface area contributed by atoms with Crippen molar-refractivity contribution < 1.29 is 4.74 Å². The van der Waals surface area contributed by atoms with Crippen LogP contribution in [0.25, 0.3) is 0 Å². The molecule has 2 heterocycles. The second-order valence-corrected chi connectivity index (χ2v) is 6.92. The maximum absolute atomic E-state index is 5.63. The Hall–Kier alpha value is -0.490. The van der Waals surface area contributed by atoms with Crippen molar-refractivity contribution in [3.05, 3.63) is 15.6 Å². The first kappa shape index (κ1) is 13.5. The first-order valence-electron chi connectivity index (χ1n) is 7.20. The molecule has 4 nitrogen and oxygen atoms in total. The average Bonchev–Trinajstić information content (AvgIpc) is 3.16. The minimum absolute atomic E-state index is 0.499. The number of nitrogens with zero attached hydrogens (tertiary/aromatic N) is 2. The van der Waals surface area contributed by atoms with Crippen molar-refractivity contribution >= 4 is 11.3 Å². The summed E-state index contributed by atoms with van der Waals surface area (Å²) >= 11 is 1.83. The summed E-state index contributed by atoms with van der Waals surface area (Å²) in [5, 5.41) is 4.86. The quantitative estimate of drug-likeness (QED) is 0.891. The van der Waals surface area contributed by atoms with Crippen LogP contribution in [0, 0.1) is 13.8 Å². The minimum atomic E-state index is 0.499. The molecule has 1 N–H and O–H groups in total. The fraction of sp³-hybridized carbons (Fsp3) is 0.786. The monoisotopic (exact) mass is 281 g/mol. The lowest BCUT2D eigenvalue weighted by Crippen LogP contribution is -2.50. The maximum Gasteiger partial charge on any atom is 0.107 e. The third-order valence-corrected chi connectivity index (χ3v) is 5.04. The Balaban J connectivity index is 1.58. The van der Waals surface area contributed by atoms with Crippen molar-refractivity contribution in [2.45, 2.75) is 45.3 Å². The van der Waals surface area contributed by atoms with Crippen molar-refractivity contribution in [1.82, 2.24) is 15.2 Å². The Morgan fingerprint density at radius 2 is 2.26 bits per heavy atom. The summed E-state index contributed by atoms with van der Waals surface area (Å²) in [6, 6.07) is 1.27. The van der Waals surface area contributed by atoms with E-state index in [1.807, 2.05) is 11.3 Å². The number of thiazole rings is 1. The Morgan fingerprint density at radius 3 is 2.95 bits per heavy atom. The predicted molar refractivity (Wildman–Crippen MR) is 77.6 cm³/mol. The Labute approximate surface area is 119 Å². The number of hydrogen-bond donors (Lipinski definition) is 1. The number of nitrogens with one attached hydrogen (secondary N) is 1. The zero-order valence-electron chi connectivity index (χ0n) is 11.8. The Morgan fingerprint density at radius 1 is 1.42 bits per heavy atom. The van der Waals surface area contributed by atoms with Gasteiger partial charge in [-0.1, -0.05) is 0 Å². The summed E-state index contributed by atoms with van der Waals surface area (Å²) in [6.45, 7) is 9.00. The SMILES string of the molecule is Cc1nc(CN2CCOCC2CNC2CC2)sc1C. The summed E-state index contributed by atoms with van der Waals surface area (Å²) in [4.78, 5) is 8.53. The summed E-state index contributed by atoms with van der Waals surface area (Å²) in [7, 11) is 0. The van der Waals surface area contributed by atoms with Crippen LogP contribution in [0.4, 0.5) is 0 Å². The summed E-state index contributed by atoms with van der Waals surface area (Å²) in [5.41, 5.74) is 1.18. The number of aromatic nitrogens is 1. The maximum atomic E-state index is 5.63. The van der Waals surface area contributed by atoms with Crippen LogP contribution in [0.15, 0.2) is 0 Å². The fourth-order valence-corrected chi connectivity index (χ4v) is 3.42. The second-order valence-electron chi connectivity index (χ2n) is 5.63. The van der Waals surface area contributed by atoms with E-state index in [-0.39, 0.29) is 0 Å². The number of aryl methyl sites for hydroxylation is 2. The third kappa shape index (κ3) is 3.54. The van der Waals surface area contributed by atoms with E-state index in [0.29, 0.717) is 6.04 Å². The minimum Gasteiger partial charge on any atom is -0.378 e. The molecule has 1 aliphatic heterocycles. The number of rotatable bonds is 5. The first-order chi connectivity index (χ1) is 9.22. The van der Waals surface area contributed by atoms with Gasteiger partial charge in [0.1, 0.15) is 5.01 Å². The summed E-state index contributed by atoms with van der Waals surface area (Å²) in [5.74, 6) is 0. The van der Waals surface area contributed by atoms with Gasteiger partial charge >= 0.3 is 0 Å². The van der Waals surface area contributed by atoms with E-state index in [4.69, 9.17) is 4.74 Å². The largest absolute Gasteiger partial charge is 0.378 e. The van der Waals surface area contributed by atoms with E-state index in [1.165, 1.54) is 28.4 Å². The molecule has 1 atom stereocenters. The Bertz CT molecular complexity index is 411. The molecule has 1 saturated carbocycles. The van der Waals surface area contributed by atoms with E-state index >= 15 is 0 Å². The number of morpholine rings is 1. The van der Waals surface area contributed by atoms with Gasteiger partial charge in [-0.15, -0.1) is 11.3 Å². The van der Waals surface area contributed by atoms with Crippen molar-refractivity contribution in [1.29, 1.82) is 0 Å². The Kier molecular flexibility index (Phi) is 4.17. The lowest BCUT2D eigenvalue weighted by atomic mass is 10.2. The van der Waals surface area contributed by atoms with E-state index in [2.05, 4.69) is 29.0 Å². The standard InChI is InChI=1S/C14H23N3OS/c1-10-11(2)19-14(16-10)8-17-5-6-18-9-13(17)7-15-12-3-4-12/h12-13,15H,3-9H2,1-2H3. The van der Waals surface area contributed by atoms with Gasteiger partial charge in [0.25, 0.3) is 0 Å². The van der Waals surface area contributed by atoms with Crippen molar-refractivity contribution in [2.24, 2.45) is 0 Å². The average molecular weight is 281 g/mol. The highest BCUT2D eigenvalue weighted by molar-refractivity contribution is 7.11. The molecular weight excluding hydrogens is 258 g/mol. The molecular formula is C14H23N3OS. The van der Waals surface area contributed by atoms with E-state index in [0.717, 1.165) is 38.9 Å². The normalized spacial score (nSPS) is 24.8. The third-order valence-electron chi connectivity index (χ3n) is 3.98. The van der Waals surface area contributed by atoms with Gasteiger partial charge in [-0.3, -0.25) is 4.90 Å². The van der Waals surface area contributed by atoms with Crippen LogP contribution < -0.4 is 5.32 Å². The van der Waals surface area contributed by atoms with Gasteiger partial charge in [-0.05, 0) is 26.7 Å². The molecule has 3 rings (SSSR count). The molecule has 0 amide bonds. The lowest BCUT2D eigenvalue weighted by molar-refractivity contribution is -0.0110. The number of hydrogen-bond acceptors (Lipinski definition) is 5. The zero-order valence-corrected chi connectivity index (χ0v) is 12.6. The highest BCUT2D eigenvalue weighted by Crippen LogP contribution is 2.21. The van der Waals surface area contributed by atoms with Gasteiger partial charge in [0.15, 0.2) is 0 Å². The topological polar surface area (TPSA) is 37.4 Å². The van der Waals surface area contributed by atoms with Crippen molar-refractivity contribution in [2.75, 3.05) is 26.3 Å². The summed E-state index contributed by atoms with van der Waals surface area (Å²) < 4.78 is 5.63.